The van der Waals surface area contributed by atoms with Crippen molar-refractivity contribution in [3.63, 3.8) is 0 Å². The summed E-state index contributed by atoms with van der Waals surface area (Å²) in [4.78, 5) is 11.2. The van der Waals surface area contributed by atoms with Gasteiger partial charge in [-0.2, -0.15) is 0 Å². The highest BCUT2D eigenvalue weighted by atomic mass is 35.5. The van der Waals surface area contributed by atoms with E-state index in [-0.39, 0.29) is 0 Å². The van der Waals surface area contributed by atoms with Crippen molar-refractivity contribution in [1.29, 1.82) is 0 Å². The molecular formula is C13H16ClN3. The van der Waals surface area contributed by atoms with Crippen molar-refractivity contribution < 1.29 is 0 Å². The van der Waals surface area contributed by atoms with E-state index in [1.807, 2.05) is 30.5 Å². The summed E-state index contributed by atoms with van der Waals surface area (Å²) in [5.74, 6) is 1.61. The monoisotopic (exact) mass is 249 g/mol. The smallest absolute Gasteiger partial charge is 0.147 e. The number of para-hydroxylation sites is 2. The number of alkyl halides is 1. The molecule has 0 N–H and O–H groups in total. The molecule has 90 valence electrons. The van der Waals surface area contributed by atoms with Gasteiger partial charge in [-0.3, -0.25) is 4.98 Å². The van der Waals surface area contributed by atoms with E-state index in [0.717, 1.165) is 36.4 Å². The van der Waals surface area contributed by atoms with E-state index in [1.165, 1.54) is 0 Å². The first-order valence-electron chi connectivity index (χ1n) is 5.88. The highest BCUT2D eigenvalue weighted by molar-refractivity contribution is 6.17. The van der Waals surface area contributed by atoms with Crippen LogP contribution in [0.4, 0.5) is 5.82 Å². The summed E-state index contributed by atoms with van der Waals surface area (Å²) in [6, 6.07) is 7.92. The molecule has 1 heterocycles. The third kappa shape index (κ3) is 2.86. The Kier molecular flexibility index (Phi) is 4.15. The SMILES string of the molecule is CCN(CCCCl)c1cnc2ccccc2n1. The van der Waals surface area contributed by atoms with Crippen LogP contribution in [-0.4, -0.2) is 28.9 Å². The van der Waals surface area contributed by atoms with Gasteiger partial charge < -0.3 is 4.90 Å². The molecule has 2 rings (SSSR count). The fourth-order valence-electron chi connectivity index (χ4n) is 1.79. The first-order valence-corrected chi connectivity index (χ1v) is 6.41. The van der Waals surface area contributed by atoms with Crippen molar-refractivity contribution in [1.82, 2.24) is 9.97 Å². The van der Waals surface area contributed by atoms with Crippen molar-refractivity contribution in [2.45, 2.75) is 13.3 Å². The summed E-state index contributed by atoms with van der Waals surface area (Å²) in [6.45, 7) is 3.96. The molecule has 0 aliphatic carbocycles. The number of aromatic nitrogens is 2. The van der Waals surface area contributed by atoms with E-state index in [0.29, 0.717) is 5.88 Å². The minimum absolute atomic E-state index is 0.678. The summed E-state index contributed by atoms with van der Waals surface area (Å²) in [6.07, 6.45) is 2.80. The lowest BCUT2D eigenvalue weighted by atomic mass is 10.3. The summed E-state index contributed by atoms with van der Waals surface area (Å²) >= 11 is 5.72. The number of benzene rings is 1. The first kappa shape index (κ1) is 12.1. The van der Waals surface area contributed by atoms with Crippen molar-refractivity contribution in [3.05, 3.63) is 30.5 Å². The maximum Gasteiger partial charge on any atom is 0.147 e. The van der Waals surface area contributed by atoms with Crippen molar-refractivity contribution >= 4 is 28.5 Å². The van der Waals surface area contributed by atoms with Crippen LogP contribution in [0.2, 0.25) is 0 Å². The summed E-state index contributed by atoms with van der Waals surface area (Å²) in [5, 5.41) is 0. The van der Waals surface area contributed by atoms with Crippen molar-refractivity contribution in [2.75, 3.05) is 23.9 Å². The lowest BCUT2D eigenvalue weighted by Gasteiger charge is -2.21. The van der Waals surface area contributed by atoms with Crippen LogP contribution >= 0.6 is 11.6 Å². The third-order valence-electron chi connectivity index (χ3n) is 2.70. The average Bonchev–Trinajstić information content (AvgIpc) is 2.39. The Balaban J connectivity index is 2.27. The molecule has 0 atom stereocenters. The average molecular weight is 250 g/mol. The van der Waals surface area contributed by atoms with Gasteiger partial charge in [0.2, 0.25) is 0 Å². The van der Waals surface area contributed by atoms with Crippen molar-refractivity contribution in [3.8, 4) is 0 Å². The second kappa shape index (κ2) is 5.82. The Morgan fingerprint density at radius 1 is 1.24 bits per heavy atom. The van der Waals surface area contributed by atoms with Crippen LogP contribution in [0.15, 0.2) is 30.5 Å². The molecule has 3 nitrogen and oxygen atoms in total. The van der Waals surface area contributed by atoms with Crippen molar-refractivity contribution in [2.24, 2.45) is 0 Å². The molecule has 0 unspecified atom stereocenters. The number of halogens is 1. The Morgan fingerprint density at radius 2 is 2.00 bits per heavy atom. The van der Waals surface area contributed by atoms with E-state index in [2.05, 4.69) is 21.8 Å². The highest BCUT2D eigenvalue weighted by Crippen LogP contribution is 2.15. The molecule has 0 aliphatic heterocycles. The van der Waals surface area contributed by atoms with Gasteiger partial charge in [0, 0.05) is 19.0 Å². The number of anilines is 1. The predicted octanol–water partition coefficient (Wildman–Crippen LogP) is 3.09. The minimum atomic E-state index is 0.678. The van der Waals surface area contributed by atoms with Crippen LogP contribution in [0.1, 0.15) is 13.3 Å². The second-order valence-electron chi connectivity index (χ2n) is 3.84. The topological polar surface area (TPSA) is 29.0 Å². The number of rotatable bonds is 5. The lowest BCUT2D eigenvalue weighted by Crippen LogP contribution is -2.25. The third-order valence-corrected chi connectivity index (χ3v) is 2.97. The molecule has 0 saturated heterocycles. The van der Waals surface area contributed by atoms with Gasteiger partial charge in [0.1, 0.15) is 5.82 Å². The molecule has 0 aliphatic rings. The normalized spacial score (nSPS) is 10.7. The van der Waals surface area contributed by atoms with Crippen LogP contribution in [0, 0.1) is 0 Å². The van der Waals surface area contributed by atoms with Gasteiger partial charge in [-0.15, -0.1) is 11.6 Å². The maximum absolute atomic E-state index is 5.72. The minimum Gasteiger partial charge on any atom is -0.356 e. The van der Waals surface area contributed by atoms with E-state index >= 15 is 0 Å². The van der Waals surface area contributed by atoms with Crippen LogP contribution in [0.3, 0.4) is 0 Å². The zero-order valence-electron chi connectivity index (χ0n) is 9.93. The zero-order chi connectivity index (χ0) is 12.1. The fraction of sp³-hybridized carbons (Fsp3) is 0.385. The molecule has 0 radical (unpaired) electrons. The molecular weight excluding hydrogens is 234 g/mol. The van der Waals surface area contributed by atoms with Gasteiger partial charge >= 0.3 is 0 Å². The predicted molar refractivity (Wildman–Crippen MR) is 72.8 cm³/mol. The Hall–Kier alpha value is -1.35. The second-order valence-corrected chi connectivity index (χ2v) is 4.22. The van der Waals surface area contributed by atoms with E-state index in [9.17, 15) is 0 Å². The molecule has 2 aromatic rings. The summed E-state index contributed by atoms with van der Waals surface area (Å²) in [5.41, 5.74) is 1.87. The van der Waals surface area contributed by atoms with Gasteiger partial charge in [0.25, 0.3) is 0 Å². The first-order chi connectivity index (χ1) is 8.35. The molecule has 0 amide bonds. The maximum atomic E-state index is 5.72. The summed E-state index contributed by atoms with van der Waals surface area (Å²) < 4.78 is 0. The van der Waals surface area contributed by atoms with Gasteiger partial charge in [0.15, 0.2) is 0 Å². The number of hydrogen-bond acceptors (Lipinski definition) is 3. The van der Waals surface area contributed by atoms with Gasteiger partial charge in [0.05, 0.1) is 17.2 Å². The quantitative estimate of drug-likeness (QED) is 0.763. The molecule has 4 heteroatoms. The van der Waals surface area contributed by atoms with Crippen LogP contribution in [0.5, 0.6) is 0 Å². The standard InChI is InChI=1S/C13H16ClN3/c1-2-17(9-5-8-14)13-10-15-11-6-3-4-7-12(11)16-13/h3-4,6-7,10H,2,5,8-9H2,1H3. The largest absolute Gasteiger partial charge is 0.356 e. The van der Waals surface area contributed by atoms with E-state index in [4.69, 9.17) is 11.6 Å². The molecule has 1 aromatic heterocycles. The Labute approximate surface area is 106 Å². The zero-order valence-corrected chi connectivity index (χ0v) is 10.7. The molecule has 1 aromatic carbocycles. The number of hydrogen-bond donors (Lipinski definition) is 0. The Morgan fingerprint density at radius 3 is 2.71 bits per heavy atom. The number of nitrogens with zero attached hydrogens (tertiary/aromatic N) is 3. The Bertz CT molecular complexity index is 487. The van der Waals surface area contributed by atoms with Crippen LogP contribution in [0.25, 0.3) is 11.0 Å². The van der Waals surface area contributed by atoms with E-state index in [1.54, 1.807) is 0 Å². The lowest BCUT2D eigenvalue weighted by molar-refractivity contribution is 0.781. The van der Waals surface area contributed by atoms with Crippen LogP contribution in [-0.2, 0) is 0 Å². The van der Waals surface area contributed by atoms with Gasteiger partial charge in [-0.1, -0.05) is 12.1 Å². The van der Waals surface area contributed by atoms with Gasteiger partial charge in [-0.25, -0.2) is 4.98 Å². The van der Waals surface area contributed by atoms with Crippen LogP contribution < -0.4 is 4.90 Å². The fourth-order valence-corrected chi connectivity index (χ4v) is 1.90. The molecule has 0 spiro atoms. The highest BCUT2D eigenvalue weighted by Gasteiger charge is 2.06. The molecule has 17 heavy (non-hydrogen) atoms. The van der Waals surface area contributed by atoms with E-state index < -0.39 is 0 Å². The molecule has 0 saturated carbocycles. The number of fused-ring (bicyclic) bond motifs is 1. The van der Waals surface area contributed by atoms with Gasteiger partial charge in [-0.05, 0) is 25.5 Å². The summed E-state index contributed by atoms with van der Waals surface area (Å²) in [7, 11) is 0. The molecule has 0 bridgehead atoms. The molecule has 0 fully saturated rings.